The molecular formula is C22H24ClN3O3S. The van der Waals surface area contributed by atoms with Crippen LogP contribution in [0.2, 0.25) is 5.02 Å². The van der Waals surface area contributed by atoms with Gasteiger partial charge in [0.25, 0.3) is 0 Å². The molecule has 0 unspecified atom stereocenters. The van der Waals surface area contributed by atoms with E-state index in [1.165, 1.54) is 0 Å². The summed E-state index contributed by atoms with van der Waals surface area (Å²) >= 11 is 7.69. The zero-order chi connectivity index (χ0) is 21.1. The topological polar surface area (TPSA) is 61.9 Å². The number of thioether (sulfide) groups is 1. The van der Waals surface area contributed by atoms with Gasteiger partial charge in [0, 0.05) is 29.5 Å². The fraction of sp³-hybridized carbons (Fsp3) is 0.364. The maximum absolute atomic E-state index is 12.7. The molecule has 4 rings (SSSR count). The lowest BCUT2D eigenvalue weighted by Crippen LogP contribution is -2.53. The lowest BCUT2D eigenvalue weighted by molar-refractivity contribution is -0.116. The first kappa shape index (κ1) is 20.9. The van der Waals surface area contributed by atoms with Gasteiger partial charge >= 0.3 is 6.03 Å². The van der Waals surface area contributed by atoms with Crippen molar-refractivity contribution in [1.82, 2.24) is 4.90 Å². The maximum Gasteiger partial charge on any atom is 0.321 e. The third-order valence-electron chi connectivity index (χ3n) is 5.45. The number of piperidine rings is 1. The van der Waals surface area contributed by atoms with Gasteiger partial charge in [0.2, 0.25) is 5.91 Å². The zero-order valence-electron chi connectivity index (χ0n) is 16.8. The fourth-order valence-corrected chi connectivity index (χ4v) is 5.41. The van der Waals surface area contributed by atoms with Crippen LogP contribution in [0.1, 0.15) is 19.8 Å². The van der Waals surface area contributed by atoms with E-state index in [1.54, 1.807) is 23.9 Å². The second kappa shape index (κ2) is 8.78. The molecule has 8 heteroatoms. The number of carbonyl (C=O) groups is 2. The van der Waals surface area contributed by atoms with Gasteiger partial charge in [-0.05, 0) is 68.3 Å². The Morgan fingerprint density at radius 2 is 1.80 bits per heavy atom. The third-order valence-corrected chi connectivity index (χ3v) is 7.23. The van der Waals surface area contributed by atoms with Crippen molar-refractivity contribution >= 4 is 46.7 Å². The van der Waals surface area contributed by atoms with E-state index < -0.39 is 0 Å². The Morgan fingerprint density at radius 1 is 1.13 bits per heavy atom. The van der Waals surface area contributed by atoms with Gasteiger partial charge in [-0.25, -0.2) is 4.79 Å². The highest BCUT2D eigenvalue weighted by Crippen LogP contribution is 2.46. The highest BCUT2D eigenvalue weighted by Gasteiger charge is 2.49. The average Bonchev–Trinajstić information content (AvgIpc) is 3.06. The van der Waals surface area contributed by atoms with Crippen LogP contribution in [-0.4, -0.2) is 47.2 Å². The second-order valence-corrected chi connectivity index (χ2v) is 9.09. The van der Waals surface area contributed by atoms with Crippen LogP contribution < -0.4 is 15.0 Å². The van der Waals surface area contributed by atoms with Crippen molar-refractivity contribution in [3.8, 4) is 5.75 Å². The quantitative estimate of drug-likeness (QED) is 0.731. The lowest BCUT2D eigenvalue weighted by atomic mass is 10.0. The number of hydrogen-bond donors (Lipinski definition) is 1. The number of nitrogens with one attached hydrogen (secondary N) is 1. The van der Waals surface area contributed by atoms with Gasteiger partial charge in [0.05, 0.1) is 17.2 Å². The molecule has 2 aromatic rings. The summed E-state index contributed by atoms with van der Waals surface area (Å²) in [6.07, 6.45) is 1.45. The van der Waals surface area contributed by atoms with Crippen molar-refractivity contribution in [1.29, 1.82) is 0 Å². The van der Waals surface area contributed by atoms with Gasteiger partial charge in [0.15, 0.2) is 0 Å². The Bertz CT molecular complexity index is 912. The fourth-order valence-electron chi connectivity index (χ4n) is 3.95. The normalized spacial score (nSPS) is 18.0. The van der Waals surface area contributed by atoms with Crippen LogP contribution in [0.5, 0.6) is 5.75 Å². The summed E-state index contributed by atoms with van der Waals surface area (Å²) in [5.41, 5.74) is 1.60. The minimum Gasteiger partial charge on any atom is -0.494 e. The SMILES string of the molecule is CCOc1ccc(NC(=O)N2CCC3(CC2)SCC(=O)N3c2ccc(Cl)cc2)cc1. The summed E-state index contributed by atoms with van der Waals surface area (Å²) in [7, 11) is 0. The van der Waals surface area contributed by atoms with E-state index in [4.69, 9.17) is 16.3 Å². The van der Waals surface area contributed by atoms with Crippen LogP contribution in [-0.2, 0) is 4.79 Å². The molecule has 0 aromatic heterocycles. The summed E-state index contributed by atoms with van der Waals surface area (Å²) in [5, 5.41) is 3.59. The predicted octanol–water partition coefficient (Wildman–Crippen LogP) is 4.84. The molecule has 2 fully saturated rings. The molecule has 2 heterocycles. The molecule has 1 N–H and O–H groups in total. The number of anilines is 2. The number of likely N-dealkylation sites (tertiary alicyclic amines) is 1. The highest BCUT2D eigenvalue weighted by molar-refractivity contribution is 8.02. The molecule has 2 aromatic carbocycles. The molecule has 1 spiro atoms. The minimum absolute atomic E-state index is 0.106. The number of benzene rings is 2. The molecule has 0 atom stereocenters. The molecule has 0 bridgehead atoms. The molecule has 6 nitrogen and oxygen atoms in total. The van der Waals surface area contributed by atoms with Crippen molar-refractivity contribution < 1.29 is 14.3 Å². The van der Waals surface area contributed by atoms with Crippen LogP contribution in [0, 0.1) is 0 Å². The van der Waals surface area contributed by atoms with E-state index in [2.05, 4.69) is 5.32 Å². The van der Waals surface area contributed by atoms with E-state index in [-0.39, 0.29) is 16.8 Å². The van der Waals surface area contributed by atoms with Crippen molar-refractivity contribution in [2.75, 3.05) is 35.7 Å². The number of carbonyl (C=O) groups excluding carboxylic acids is 2. The number of ether oxygens (including phenoxy) is 1. The summed E-state index contributed by atoms with van der Waals surface area (Å²) in [5.74, 6) is 1.34. The molecule has 3 amide bonds. The number of nitrogens with zero attached hydrogens (tertiary/aromatic N) is 2. The molecule has 2 aliphatic rings. The number of hydrogen-bond acceptors (Lipinski definition) is 4. The molecule has 30 heavy (non-hydrogen) atoms. The molecule has 0 saturated carbocycles. The third kappa shape index (κ3) is 4.23. The molecule has 158 valence electrons. The van der Waals surface area contributed by atoms with Crippen LogP contribution in [0.4, 0.5) is 16.2 Å². The molecule has 2 aliphatic heterocycles. The smallest absolute Gasteiger partial charge is 0.321 e. The number of rotatable bonds is 4. The van der Waals surface area contributed by atoms with Crippen molar-refractivity contribution in [3.05, 3.63) is 53.6 Å². The van der Waals surface area contributed by atoms with E-state index in [1.807, 2.05) is 53.1 Å². The first-order valence-corrected chi connectivity index (χ1v) is 11.4. The zero-order valence-corrected chi connectivity index (χ0v) is 18.3. The highest BCUT2D eigenvalue weighted by atomic mass is 35.5. The summed E-state index contributed by atoms with van der Waals surface area (Å²) in [6, 6.07) is 14.6. The van der Waals surface area contributed by atoms with Gasteiger partial charge < -0.3 is 15.0 Å². The second-order valence-electron chi connectivity index (χ2n) is 7.32. The minimum atomic E-state index is -0.305. The largest absolute Gasteiger partial charge is 0.494 e. The molecule has 2 saturated heterocycles. The van der Waals surface area contributed by atoms with Crippen LogP contribution in [0.25, 0.3) is 0 Å². The van der Waals surface area contributed by atoms with Gasteiger partial charge in [-0.3, -0.25) is 9.69 Å². The predicted molar refractivity (Wildman–Crippen MR) is 122 cm³/mol. The average molecular weight is 446 g/mol. The Labute approximate surface area is 185 Å². The van der Waals surface area contributed by atoms with Crippen LogP contribution >= 0.6 is 23.4 Å². The van der Waals surface area contributed by atoms with Crippen LogP contribution in [0.15, 0.2) is 48.5 Å². The Morgan fingerprint density at radius 3 is 2.43 bits per heavy atom. The Balaban J connectivity index is 1.40. The summed E-state index contributed by atoms with van der Waals surface area (Å²) < 4.78 is 5.43. The summed E-state index contributed by atoms with van der Waals surface area (Å²) in [6.45, 7) is 3.72. The molecular weight excluding hydrogens is 422 g/mol. The maximum atomic E-state index is 12.7. The van der Waals surface area contributed by atoms with Gasteiger partial charge in [-0.15, -0.1) is 11.8 Å². The Hall–Kier alpha value is -2.38. The van der Waals surface area contributed by atoms with E-state index in [0.717, 1.165) is 30.0 Å². The van der Waals surface area contributed by atoms with Crippen LogP contribution in [0.3, 0.4) is 0 Å². The van der Waals surface area contributed by atoms with Crippen molar-refractivity contribution in [2.45, 2.75) is 24.6 Å². The van der Waals surface area contributed by atoms with Crippen molar-refractivity contribution in [3.63, 3.8) is 0 Å². The number of halogens is 1. The molecule has 0 aliphatic carbocycles. The van der Waals surface area contributed by atoms with E-state index >= 15 is 0 Å². The van der Waals surface area contributed by atoms with Gasteiger partial charge in [-0.1, -0.05) is 11.6 Å². The van der Waals surface area contributed by atoms with Gasteiger partial charge in [0.1, 0.15) is 5.75 Å². The van der Waals surface area contributed by atoms with E-state index in [9.17, 15) is 9.59 Å². The van der Waals surface area contributed by atoms with Gasteiger partial charge in [-0.2, -0.15) is 0 Å². The lowest BCUT2D eigenvalue weighted by Gasteiger charge is -2.43. The number of urea groups is 1. The first-order chi connectivity index (χ1) is 14.5. The van der Waals surface area contributed by atoms with Crippen molar-refractivity contribution in [2.24, 2.45) is 0 Å². The first-order valence-electron chi connectivity index (χ1n) is 10.0. The Kier molecular flexibility index (Phi) is 6.11. The molecule has 0 radical (unpaired) electrons. The number of amides is 3. The monoisotopic (exact) mass is 445 g/mol. The van der Waals surface area contributed by atoms with E-state index in [0.29, 0.717) is 30.5 Å². The standard InChI is InChI=1S/C22H24ClN3O3S/c1-2-29-19-9-5-17(6-10-19)24-21(28)25-13-11-22(12-14-25)26(20(27)15-30-22)18-7-3-16(23)4-8-18/h3-10H,2,11-15H2,1H3,(H,24,28). The summed E-state index contributed by atoms with van der Waals surface area (Å²) in [4.78, 5) is 28.8.